The highest BCUT2D eigenvalue weighted by Crippen LogP contribution is 2.21. The van der Waals surface area contributed by atoms with E-state index >= 15 is 0 Å². The first-order valence-electron chi connectivity index (χ1n) is 6.69. The number of aryl methyl sites for hydroxylation is 2. The molecule has 0 spiro atoms. The third-order valence-electron chi connectivity index (χ3n) is 3.22. The molecule has 0 atom stereocenters. The van der Waals surface area contributed by atoms with Crippen LogP contribution >= 0.6 is 11.8 Å². The van der Waals surface area contributed by atoms with Crippen LogP contribution in [0, 0.1) is 13.8 Å². The van der Waals surface area contributed by atoms with E-state index in [2.05, 4.69) is 10.3 Å². The number of carbonyl (C=O) groups excluding carboxylic acids is 1. The number of nitrogens with zero attached hydrogens (tertiary/aromatic N) is 3. The van der Waals surface area contributed by atoms with E-state index in [1.54, 1.807) is 0 Å². The normalized spacial score (nSPS) is 11.0. The largest absolute Gasteiger partial charge is 0.272 e. The highest BCUT2D eigenvalue weighted by Gasteiger charge is 2.14. The second-order valence-corrected chi connectivity index (χ2v) is 6.00. The predicted molar refractivity (Wildman–Crippen MR) is 84.8 cm³/mol. The number of hydrogen-bond acceptors (Lipinski definition) is 4. The Morgan fingerprint density at radius 2 is 1.95 bits per heavy atom. The number of aromatic nitrogens is 3. The average molecular weight is 297 g/mol. The van der Waals surface area contributed by atoms with Crippen molar-refractivity contribution in [3.05, 3.63) is 53.6 Å². The first-order chi connectivity index (χ1) is 10.1. The molecule has 3 rings (SSSR count). The van der Waals surface area contributed by atoms with E-state index in [-0.39, 0.29) is 5.91 Å². The van der Waals surface area contributed by atoms with Crippen molar-refractivity contribution in [1.82, 2.24) is 15.0 Å². The average Bonchev–Trinajstić information content (AvgIpc) is 2.90. The lowest BCUT2D eigenvalue weighted by Crippen LogP contribution is -2.15. The van der Waals surface area contributed by atoms with Gasteiger partial charge >= 0.3 is 0 Å². The summed E-state index contributed by atoms with van der Waals surface area (Å²) in [4.78, 5) is 13.4. The molecule has 0 amide bonds. The van der Waals surface area contributed by atoms with Gasteiger partial charge in [-0.25, -0.2) is 0 Å². The molecule has 0 aliphatic carbocycles. The van der Waals surface area contributed by atoms with E-state index in [4.69, 9.17) is 0 Å². The number of rotatable bonds is 3. The van der Waals surface area contributed by atoms with Crippen LogP contribution in [-0.2, 0) is 0 Å². The standard InChI is InChI=1S/C16H15N3OS/c1-11-8-12(2)16-14(9-11)17-18-19(16)15(20)10-21-13-6-4-3-5-7-13/h3-9H,10H2,1-2H3. The van der Waals surface area contributed by atoms with Gasteiger partial charge in [-0.1, -0.05) is 29.5 Å². The van der Waals surface area contributed by atoms with Crippen molar-refractivity contribution >= 4 is 28.7 Å². The van der Waals surface area contributed by atoms with Crippen LogP contribution in [0.1, 0.15) is 15.9 Å². The van der Waals surface area contributed by atoms with Crippen LogP contribution < -0.4 is 0 Å². The molecule has 0 fully saturated rings. The Bertz CT molecular complexity index is 796. The van der Waals surface area contributed by atoms with E-state index in [0.717, 1.165) is 27.1 Å². The topological polar surface area (TPSA) is 47.8 Å². The maximum Gasteiger partial charge on any atom is 0.259 e. The molecule has 2 aromatic carbocycles. The number of carbonyl (C=O) groups is 1. The first-order valence-corrected chi connectivity index (χ1v) is 7.67. The Kier molecular flexibility index (Phi) is 3.75. The number of benzene rings is 2. The van der Waals surface area contributed by atoms with E-state index in [0.29, 0.717) is 5.75 Å². The fourth-order valence-corrected chi connectivity index (χ4v) is 3.09. The van der Waals surface area contributed by atoms with Crippen LogP contribution in [0.3, 0.4) is 0 Å². The third kappa shape index (κ3) is 2.83. The summed E-state index contributed by atoms with van der Waals surface area (Å²) in [6.45, 7) is 3.99. The quantitative estimate of drug-likeness (QED) is 0.694. The molecule has 106 valence electrons. The fraction of sp³-hybridized carbons (Fsp3) is 0.188. The molecule has 0 aliphatic heterocycles. The van der Waals surface area contributed by atoms with Crippen molar-refractivity contribution in [2.45, 2.75) is 18.7 Å². The molecule has 21 heavy (non-hydrogen) atoms. The van der Waals surface area contributed by atoms with Crippen molar-refractivity contribution in [1.29, 1.82) is 0 Å². The van der Waals surface area contributed by atoms with Crippen molar-refractivity contribution in [2.24, 2.45) is 0 Å². The van der Waals surface area contributed by atoms with Crippen LogP contribution in [0.4, 0.5) is 0 Å². The van der Waals surface area contributed by atoms with E-state index < -0.39 is 0 Å². The molecule has 3 aromatic rings. The molecule has 4 nitrogen and oxygen atoms in total. The zero-order valence-electron chi connectivity index (χ0n) is 11.9. The minimum absolute atomic E-state index is 0.0571. The maximum atomic E-state index is 12.4. The summed E-state index contributed by atoms with van der Waals surface area (Å²) in [6.07, 6.45) is 0. The lowest BCUT2D eigenvalue weighted by Gasteiger charge is -2.04. The van der Waals surface area contributed by atoms with Gasteiger partial charge in [-0.2, -0.15) is 4.68 Å². The Labute approximate surface area is 127 Å². The summed E-state index contributed by atoms with van der Waals surface area (Å²) in [5.41, 5.74) is 3.72. The Morgan fingerprint density at radius 3 is 2.71 bits per heavy atom. The van der Waals surface area contributed by atoms with Crippen molar-refractivity contribution in [3.8, 4) is 0 Å². The Balaban J connectivity index is 1.85. The predicted octanol–water partition coefficient (Wildman–Crippen LogP) is 3.48. The number of fused-ring (bicyclic) bond motifs is 1. The number of hydrogen-bond donors (Lipinski definition) is 0. The van der Waals surface area contributed by atoms with Crippen LogP contribution in [0.25, 0.3) is 11.0 Å². The summed E-state index contributed by atoms with van der Waals surface area (Å²) >= 11 is 1.51. The molecule has 5 heteroatoms. The Morgan fingerprint density at radius 1 is 1.19 bits per heavy atom. The third-order valence-corrected chi connectivity index (χ3v) is 4.22. The summed E-state index contributed by atoms with van der Waals surface area (Å²) in [6, 6.07) is 13.9. The van der Waals surface area contributed by atoms with Crippen molar-refractivity contribution in [2.75, 3.05) is 5.75 Å². The van der Waals surface area contributed by atoms with Gasteiger partial charge in [0.25, 0.3) is 5.91 Å². The van der Waals surface area contributed by atoms with E-state index in [1.807, 2.05) is 56.3 Å². The molecular formula is C16H15N3OS. The van der Waals surface area contributed by atoms with Gasteiger partial charge in [0.15, 0.2) is 0 Å². The maximum absolute atomic E-state index is 12.4. The SMILES string of the molecule is Cc1cc(C)c2c(c1)nnn2C(=O)CSc1ccccc1. The highest BCUT2D eigenvalue weighted by atomic mass is 32.2. The summed E-state index contributed by atoms with van der Waals surface area (Å²) < 4.78 is 1.42. The second kappa shape index (κ2) is 5.69. The zero-order valence-corrected chi connectivity index (χ0v) is 12.7. The molecule has 1 heterocycles. The smallest absolute Gasteiger partial charge is 0.259 e. The molecule has 0 radical (unpaired) electrons. The number of thioether (sulfide) groups is 1. The molecular weight excluding hydrogens is 282 g/mol. The minimum Gasteiger partial charge on any atom is -0.272 e. The van der Waals surface area contributed by atoms with Gasteiger partial charge in [-0.05, 0) is 43.2 Å². The van der Waals surface area contributed by atoms with E-state index in [9.17, 15) is 4.79 Å². The van der Waals surface area contributed by atoms with Crippen molar-refractivity contribution < 1.29 is 4.79 Å². The van der Waals surface area contributed by atoms with Gasteiger partial charge < -0.3 is 0 Å². The van der Waals surface area contributed by atoms with Crippen LogP contribution in [0.15, 0.2) is 47.4 Å². The van der Waals surface area contributed by atoms with Gasteiger partial charge in [-0.3, -0.25) is 4.79 Å². The van der Waals surface area contributed by atoms with Gasteiger partial charge in [0.05, 0.1) is 5.75 Å². The van der Waals surface area contributed by atoms with Gasteiger partial charge in [-0.15, -0.1) is 16.9 Å². The minimum atomic E-state index is -0.0571. The molecule has 0 saturated heterocycles. The molecule has 0 aliphatic rings. The lowest BCUT2D eigenvalue weighted by atomic mass is 10.1. The zero-order chi connectivity index (χ0) is 14.8. The van der Waals surface area contributed by atoms with Crippen molar-refractivity contribution in [3.63, 3.8) is 0 Å². The van der Waals surface area contributed by atoms with Gasteiger partial charge in [0.2, 0.25) is 0 Å². The Hall–Kier alpha value is -2.14. The summed E-state index contributed by atoms with van der Waals surface area (Å²) in [7, 11) is 0. The first kappa shape index (κ1) is 13.8. The monoisotopic (exact) mass is 297 g/mol. The van der Waals surface area contributed by atoms with Gasteiger partial charge in [0, 0.05) is 4.90 Å². The molecule has 0 bridgehead atoms. The van der Waals surface area contributed by atoms with E-state index in [1.165, 1.54) is 16.4 Å². The van der Waals surface area contributed by atoms with Crippen LogP contribution in [-0.4, -0.2) is 26.7 Å². The lowest BCUT2D eigenvalue weighted by molar-refractivity contribution is 0.0929. The highest BCUT2D eigenvalue weighted by molar-refractivity contribution is 8.00. The second-order valence-electron chi connectivity index (χ2n) is 4.95. The molecule has 0 unspecified atom stereocenters. The fourth-order valence-electron chi connectivity index (χ4n) is 2.32. The van der Waals surface area contributed by atoms with Gasteiger partial charge in [0.1, 0.15) is 11.0 Å². The molecule has 0 saturated carbocycles. The summed E-state index contributed by atoms with van der Waals surface area (Å²) in [5, 5.41) is 8.11. The molecule has 1 aromatic heterocycles. The van der Waals surface area contributed by atoms with Crippen LogP contribution in [0.5, 0.6) is 0 Å². The molecule has 0 N–H and O–H groups in total. The summed E-state index contributed by atoms with van der Waals surface area (Å²) in [5.74, 6) is 0.286. The van der Waals surface area contributed by atoms with Crippen LogP contribution in [0.2, 0.25) is 0 Å².